The number of carbonyl (C=O) groups excluding carboxylic acids is 2. The van der Waals surface area contributed by atoms with Crippen LogP contribution in [0.4, 0.5) is 0 Å². The smallest absolute Gasteiger partial charge is 0.306 e. The summed E-state index contributed by atoms with van der Waals surface area (Å²) in [6, 6.07) is 0. The number of ether oxygens (including phenoxy) is 2. The van der Waals surface area contributed by atoms with Crippen molar-refractivity contribution in [3.63, 3.8) is 0 Å². The molecule has 0 bridgehead atoms. The Bertz CT molecular complexity index is 408. The lowest BCUT2D eigenvalue weighted by Gasteiger charge is -2.13. The largest absolute Gasteiger partial charge is 0.462 e. The van der Waals surface area contributed by atoms with Gasteiger partial charge in [0, 0.05) is 12.8 Å². The van der Waals surface area contributed by atoms with Crippen molar-refractivity contribution in [2.45, 2.75) is 155 Å². The van der Waals surface area contributed by atoms with Crippen LogP contribution in [-0.2, 0) is 19.1 Å². The second-order valence-electron chi connectivity index (χ2n) is 9.14. The van der Waals surface area contributed by atoms with E-state index in [4.69, 9.17) is 9.47 Å². The number of unbranched alkanes of at least 4 members (excludes halogenated alkanes) is 16. The van der Waals surface area contributed by atoms with Crippen molar-refractivity contribution in [1.29, 1.82) is 0 Å². The zero-order valence-electron chi connectivity index (χ0n) is 21.1. The Morgan fingerprint density at radius 1 is 0.548 bits per heavy atom. The SMILES string of the molecule is CCCCCCCCCCCCCCCCCCCC(=O)O[C@@H](C)COC(=O)CCC. The first-order valence-corrected chi connectivity index (χ1v) is 13.4. The summed E-state index contributed by atoms with van der Waals surface area (Å²) in [4.78, 5) is 23.1. The first-order chi connectivity index (χ1) is 15.1. The molecule has 0 unspecified atom stereocenters. The van der Waals surface area contributed by atoms with E-state index in [1.54, 1.807) is 6.92 Å². The maximum atomic E-state index is 11.8. The maximum Gasteiger partial charge on any atom is 0.306 e. The van der Waals surface area contributed by atoms with Crippen molar-refractivity contribution >= 4 is 11.9 Å². The first-order valence-electron chi connectivity index (χ1n) is 13.4. The second kappa shape index (κ2) is 23.6. The van der Waals surface area contributed by atoms with E-state index >= 15 is 0 Å². The van der Waals surface area contributed by atoms with Crippen molar-refractivity contribution in [3.8, 4) is 0 Å². The molecule has 0 amide bonds. The Balaban J connectivity index is 3.28. The van der Waals surface area contributed by atoms with Crippen molar-refractivity contribution in [1.82, 2.24) is 0 Å². The van der Waals surface area contributed by atoms with E-state index in [0.717, 1.165) is 19.3 Å². The Labute approximate surface area is 193 Å². The molecule has 0 aromatic rings. The minimum absolute atomic E-state index is 0.156. The van der Waals surface area contributed by atoms with Gasteiger partial charge in [0.05, 0.1) is 0 Å². The van der Waals surface area contributed by atoms with E-state index in [1.807, 2.05) is 6.92 Å². The van der Waals surface area contributed by atoms with E-state index in [0.29, 0.717) is 12.8 Å². The molecular formula is C27H52O4. The summed E-state index contributed by atoms with van der Waals surface area (Å²) in [6.45, 7) is 6.14. The fraction of sp³-hybridized carbons (Fsp3) is 0.926. The van der Waals surface area contributed by atoms with Crippen LogP contribution in [0.1, 0.15) is 149 Å². The number of carbonyl (C=O) groups is 2. The van der Waals surface area contributed by atoms with Gasteiger partial charge in [-0.25, -0.2) is 0 Å². The third kappa shape index (κ3) is 23.4. The van der Waals surface area contributed by atoms with Crippen LogP contribution >= 0.6 is 0 Å². The van der Waals surface area contributed by atoms with E-state index in [9.17, 15) is 9.59 Å². The minimum atomic E-state index is -0.362. The predicted octanol–water partition coefficient (Wildman–Crippen LogP) is 8.30. The summed E-state index contributed by atoms with van der Waals surface area (Å²) in [5, 5.41) is 0. The number of hydrogen-bond donors (Lipinski definition) is 0. The Morgan fingerprint density at radius 2 is 0.968 bits per heavy atom. The van der Waals surface area contributed by atoms with Crippen molar-refractivity contribution in [2.24, 2.45) is 0 Å². The number of hydrogen-bond acceptors (Lipinski definition) is 4. The highest BCUT2D eigenvalue weighted by molar-refractivity contribution is 5.70. The van der Waals surface area contributed by atoms with E-state index in [1.165, 1.54) is 96.3 Å². The van der Waals surface area contributed by atoms with Crippen LogP contribution in [0, 0.1) is 0 Å². The summed E-state index contributed by atoms with van der Waals surface area (Å²) in [6.07, 6.45) is 23.9. The molecule has 0 saturated carbocycles. The quantitative estimate of drug-likeness (QED) is 0.118. The number of esters is 2. The summed E-state index contributed by atoms with van der Waals surface area (Å²) in [5.41, 5.74) is 0. The van der Waals surface area contributed by atoms with Crippen LogP contribution < -0.4 is 0 Å². The molecule has 0 heterocycles. The highest BCUT2D eigenvalue weighted by Crippen LogP contribution is 2.14. The molecule has 4 nitrogen and oxygen atoms in total. The molecule has 0 fully saturated rings. The molecule has 0 rings (SSSR count). The number of rotatable bonds is 23. The maximum absolute atomic E-state index is 11.8. The summed E-state index contributed by atoms with van der Waals surface area (Å²) < 4.78 is 10.4. The molecule has 0 aliphatic heterocycles. The molecule has 184 valence electrons. The van der Waals surface area contributed by atoms with Crippen LogP contribution in [0.25, 0.3) is 0 Å². The van der Waals surface area contributed by atoms with Gasteiger partial charge in [0.15, 0.2) is 0 Å². The van der Waals surface area contributed by atoms with Gasteiger partial charge in [0.25, 0.3) is 0 Å². The zero-order chi connectivity index (χ0) is 23.0. The van der Waals surface area contributed by atoms with Gasteiger partial charge in [-0.1, -0.05) is 117 Å². The second-order valence-corrected chi connectivity index (χ2v) is 9.14. The predicted molar refractivity (Wildman–Crippen MR) is 130 cm³/mol. The van der Waals surface area contributed by atoms with Gasteiger partial charge < -0.3 is 9.47 Å². The molecule has 0 aromatic heterocycles. The Hall–Kier alpha value is -1.06. The average molecular weight is 441 g/mol. The lowest BCUT2D eigenvalue weighted by atomic mass is 10.0. The third-order valence-electron chi connectivity index (χ3n) is 5.75. The molecule has 0 spiro atoms. The molecule has 0 N–H and O–H groups in total. The van der Waals surface area contributed by atoms with Crippen molar-refractivity contribution in [3.05, 3.63) is 0 Å². The van der Waals surface area contributed by atoms with Gasteiger partial charge in [-0.15, -0.1) is 0 Å². The Kier molecular flexibility index (Phi) is 22.8. The summed E-state index contributed by atoms with van der Waals surface area (Å²) >= 11 is 0. The monoisotopic (exact) mass is 440 g/mol. The van der Waals surface area contributed by atoms with E-state index < -0.39 is 0 Å². The molecule has 0 aliphatic carbocycles. The zero-order valence-corrected chi connectivity index (χ0v) is 21.1. The molecule has 0 radical (unpaired) electrons. The highest BCUT2D eigenvalue weighted by Gasteiger charge is 2.11. The van der Waals surface area contributed by atoms with Crippen LogP contribution in [0.5, 0.6) is 0 Å². The van der Waals surface area contributed by atoms with Gasteiger partial charge in [-0.3, -0.25) is 9.59 Å². The first kappa shape index (κ1) is 29.9. The molecule has 0 aromatic carbocycles. The third-order valence-corrected chi connectivity index (χ3v) is 5.75. The lowest BCUT2D eigenvalue weighted by Crippen LogP contribution is -2.22. The van der Waals surface area contributed by atoms with Crippen molar-refractivity contribution in [2.75, 3.05) is 6.61 Å². The highest BCUT2D eigenvalue weighted by atomic mass is 16.6. The summed E-state index contributed by atoms with van der Waals surface area (Å²) in [5.74, 6) is -0.404. The van der Waals surface area contributed by atoms with Crippen LogP contribution in [0.2, 0.25) is 0 Å². The molecule has 1 atom stereocenters. The molecule has 31 heavy (non-hydrogen) atoms. The van der Waals surface area contributed by atoms with Crippen LogP contribution in [-0.4, -0.2) is 24.6 Å². The van der Waals surface area contributed by atoms with Gasteiger partial charge in [0.1, 0.15) is 12.7 Å². The normalized spacial score (nSPS) is 12.0. The van der Waals surface area contributed by atoms with Gasteiger partial charge >= 0.3 is 11.9 Å². The molecule has 0 aliphatic rings. The van der Waals surface area contributed by atoms with Gasteiger partial charge in [-0.05, 0) is 19.8 Å². The molecule has 4 heteroatoms. The van der Waals surface area contributed by atoms with E-state index in [-0.39, 0.29) is 24.6 Å². The fourth-order valence-electron chi connectivity index (χ4n) is 3.80. The van der Waals surface area contributed by atoms with Gasteiger partial charge in [-0.2, -0.15) is 0 Å². The van der Waals surface area contributed by atoms with Gasteiger partial charge in [0.2, 0.25) is 0 Å². The van der Waals surface area contributed by atoms with Crippen LogP contribution in [0.3, 0.4) is 0 Å². The standard InChI is InChI=1S/C27H52O4/c1-4-6-7-8-9-10-11-12-13-14-15-16-17-18-19-20-21-23-27(29)31-25(3)24-30-26(28)22-5-2/h25H,4-24H2,1-3H3/t25-/m0/s1. The molecular weight excluding hydrogens is 388 g/mol. The fourth-order valence-corrected chi connectivity index (χ4v) is 3.80. The average Bonchev–Trinajstić information content (AvgIpc) is 2.74. The van der Waals surface area contributed by atoms with E-state index in [2.05, 4.69) is 6.92 Å². The topological polar surface area (TPSA) is 52.6 Å². The minimum Gasteiger partial charge on any atom is -0.462 e. The molecule has 0 saturated heterocycles. The Morgan fingerprint density at radius 3 is 1.39 bits per heavy atom. The van der Waals surface area contributed by atoms with Crippen molar-refractivity contribution < 1.29 is 19.1 Å². The van der Waals surface area contributed by atoms with Crippen LogP contribution in [0.15, 0.2) is 0 Å². The lowest BCUT2D eigenvalue weighted by molar-refractivity contribution is -0.158. The summed E-state index contributed by atoms with van der Waals surface area (Å²) in [7, 11) is 0.